The quantitative estimate of drug-likeness (QED) is 0.785. The monoisotopic (exact) mass is 296 g/mol. The summed E-state index contributed by atoms with van der Waals surface area (Å²) in [5, 5.41) is 12.5. The standard InChI is InChI=1S/C16H28N2O3/c1-12(19)18-10-14(6-7-16(20)21)8-15(11-18)17-9-13-4-2-3-5-13/h13-15,17H,2-11H2,1H3,(H,20,21). The second-order valence-corrected chi connectivity index (χ2v) is 6.71. The third-order valence-corrected chi connectivity index (χ3v) is 4.92. The van der Waals surface area contributed by atoms with E-state index in [0.717, 1.165) is 25.4 Å². The maximum absolute atomic E-state index is 11.7. The van der Waals surface area contributed by atoms with Crippen LogP contribution in [0.1, 0.15) is 51.9 Å². The molecule has 1 aliphatic heterocycles. The number of carbonyl (C=O) groups is 2. The van der Waals surface area contributed by atoms with Crippen molar-refractivity contribution >= 4 is 11.9 Å². The molecule has 2 unspecified atom stereocenters. The summed E-state index contributed by atoms with van der Waals surface area (Å²) in [5.74, 6) is 0.447. The number of piperidine rings is 1. The van der Waals surface area contributed by atoms with E-state index in [4.69, 9.17) is 5.11 Å². The van der Waals surface area contributed by atoms with Crippen LogP contribution in [0.15, 0.2) is 0 Å². The molecule has 0 radical (unpaired) electrons. The van der Waals surface area contributed by atoms with Crippen LogP contribution in [0.4, 0.5) is 0 Å². The van der Waals surface area contributed by atoms with E-state index >= 15 is 0 Å². The predicted octanol–water partition coefficient (Wildman–Crippen LogP) is 1.87. The summed E-state index contributed by atoms with van der Waals surface area (Å²) in [5.41, 5.74) is 0. The lowest BCUT2D eigenvalue weighted by molar-refractivity contribution is -0.137. The Morgan fingerprint density at radius 1 is 1.19 bits per heavy atom. The number of likely N-dealkylation sites (tertiary alicyclic amines) is 1. The van der Waals surface area contributed by atoms with Crippen LogP contribution in [0, 0.1) is 11.8 Å². The van der Waals surface area contributed by atoms with Gasteiger partial charge in [0.15, 0.2) is 0 Å². The van der Waals surface area contributed by atoms with Crippen LogP contribution in [0.3, 0.4) is 0 Å². The maximum Gasteiger partial charge on any atom is 0.303 e. The zero-order valence-electron chi connectivity index (χ0n) is 13.0. The number of nitrogens with one attached hydrogen (secondary N) is 1. The van der Waals surface area contributed by atoms with Crippen LogP contribution in [0.2, 0.25) is 0 Å². The molecule has 1 saturated carbocycles. The minimum absolute atomic E-state index is 0.0997. The van der Waals surface area contributed by atoms with Gasteiger partial charge >= 0.3 is 5.97 Å². The van der Waals surface area contributed by atoms with Crippen molar-refractivity contribution in [3.05, 3.63) is 0 Å². The summed E-state index contributed by atoms with van der Waals surface area (Å²) in [6, 6.07) is 0.321. The molecule has 2 N–H and O–H groups in total. The highest BCUT2D eigenvalue weighted by Crippen LogP contribution is 2.25. The molecule has 2 atom stereocenters. The molecule has 2 aliphatic rings. The first kappa shape index (κ1) is 16.3. The molecule has 21 heavy (non-hydrogen) atoms. The third-order valence-electron chi connectivity index (χ3n) is 4.92. The molecule has 120 valence electrons. The van der Waals surface area contributed by atoms with Gasteiger partial charge in [-0.15, -0.1) is 0 Å². The van der Waals surface area contributed by atoms with Crippen molar-refractivity contribution in [2.45, 2.75) is 57.9 Å². The number of nitrogens with zero attached hydrogens (tertiary/aromatic N) is 1. The molecule has 2 fully saturated rings. The van der Waals surface area contributed by atoms with Crippen molar-refractivity contribution in [3.8, 4) is 0 Å². The fourth-order valence-corrected chi connectivity index (χ4v) is 3.69. The number of hydrogen-bond donors (Lipinski definition) is 2. The van der Waals surface area contributed by atoms with Crippen molar-refractivity contribution in [1.29, 1.82) is 0 Å². The van der Waals surface area contributed by atoms with Crippen LogP contribution in [-0.2, 0) is 9.59 Å². The molecule has 0 aromatic carbocycles. The van der Waals surface area contributed by atoms with E-state index in [9.17, 15) is 9.59 Å². The van der Waals surface area contributed by atoms with Crippen molar-refractivity contribution < 1.29 is 14.7 Å². The number of hydrogen-bond acceptors (Lipinski definition) is 3. The van der Waals surface area contributed by atoms with Gasteiger partial charge < -0.3 is 15.3 Å². The van der Waals surface area contributed by atoms with Crippen molar-refractivity contribution in [2.75, 3.05) is 19.6 Å². The van der Waals surface area contributed by atoms with E-state index in [-0.39, 0.29) is 12.3 Å². The number of rotatable bonds is 6. The molecule has 1 saturated heterocycles. The Hall–Kier alpha value is -1.10. The van der Waals surface area contributed by atoms with Gasteiger partial charge in [-0.05, 0) is 44.1 Å². The topological polar surface area (TPSA) is 69.6 Å². The molecule has 1 heterocycles. The Balaban J connectivity index is 1.83. The van der Waals surface area contributed by atoms with Gasteiger partial charge in [-0.25, -0.2) is 0 Å². The molecule has 1 amide bonds. The molecule has 5 heteroatoms. The molecule has 5 nitrogen and oxygen atoms in total. The fourth-order valence-electron chi connectivity index (χ4n) is 3.69. The smallest absolute Gasteiger partial charge is 0.303 e. The second-order valence-electron chi connectivity index (χ2n) is 6.71. The number of aliphatic carboxylic acids is 1. The van der Waals surface area contributed by atoms with Gasteiger partial charge in [0.2, 0.25) is 5.91 Å². The zero-order chi connectivity index (χ0) is 15.2. The highest BCUT2D eigenvalue weighted by molar-refractivity contribution is 5.73. The van der Waals surface area contributed by atoms with Crippen LogP contribution in [0.5, 0.6) is 0 Å². The molecular weight excluding hydrogens is 268 g/mol. The number of carboxylic acids is 1. The molecule has 2 rings (SSSR count). The first-order valence-corrected chi connectivity index (χ1v) is 8.25. The molecule has 1 aliphatic carbocycles. The van der Waals surface area contributed by atoms with Gasteiger partial charge in [-0.3, -0.25) is 9.59 Å². The SMILES string of the molecule is CC(=O)N1CC(CCC(=O)O)CC(NCC2CCCC2)C1. The predicted molar refractivity (Wildman–Crippen MR) is 81.0 cm³/mol. The highest BCUT2D eigenvalue weighted by Gasteiger charge is 2.29. The minimum Gasteiger partial charge on any atom is -0.481 e. The Labute approximate surface area is 127 Å². The Morgan fingerprint density at radius 2 is 1.90 bits per heavy atom. The summed E-state index contributed by atoms with van der Waals surface area (Å²) in [4.78, 5) is 24.3. The van der Waals surface area contributed by atoms with Crippen molar-refractivity contribution in [3.63, 3.8) is 0 Å². The summed E-state index contributed by atoms with van der Waals surface area (Å²) in [6.07, 6.45) is 7.18. The first-order chi connectivity index (χ1) is 10.0. The summed E-state index contributed by atoms with van der Waals surface area (Å²) >= 11 is 0. The lowest BCUT2D eigenvalue weighted by Crippen LogP contribution is -2.51. The lowest BCUT2D eigenvalue weighted by Gasteiger charge is -2.38. The van der Waals surface area contributed by atoms with Crippen molar-refractivity contribution in [2.24, 2.45) is 11.8 Å². The molecule has 0 spiro atoms. The molecular formula is C16H28N2O3. The van der Waals surface area contributed by atoms with Crippen LogP contribution in [-0.4, -0.2) is 47.6 Å². The maximum atomic E-state index is 11.7. The average molecular weight is 296 g/mol. The summed E-state index contributed by atoms with van der Waals surface area (Å²) < 4.78 is 0. The van der Waals surface area contributed by atoms with Crippen LogP contribution < -0.4 is 5.32 Å². The van der Waals surface area contributed by atoms with E-state index in [1.807, 2.05) is 4.90 Å². The molecule has 0 bridgehead atoms. The van der Waals surface area contributed by atoms with E-state index in [1.54, 1.807) is 6.92 Å². The van der Waals surface area contributed by atoms with E-state index < -0.39 is 5.97 Å². The summed E-state index contributed by atoms with van der Waals surface area (Å²) in [6.45, 7) is 4.13. The number of carboxylic acid groups (broad SMARTS) is 1. The van der Waals surface area contributed by atoms with E-state index in [2.05, 4.69) is 5.32 Å². The minimum atomic E-state index is -0.745. The third kappa shape index (κ3) is 5.30. The number of amides is 1. The lowest BCUT2D eigenvalue weighted by atomic mass is 9.90. The normalized spacial score (nSPS) is 27.0. The van der Waals surface area contributed by atoms with Gasteiger partial charge in [-0.2, -0.15) is 0 Å². The fraction of sp³-hybridized carbons (Fsp3) is 0.875. The average Bonchev–Trinajstić information content (AvgIpc) is 2.96. The van der Waals surface area contributed by atoms with Gasteiger partial charge in [-0.1, -0.05) is 12.8 Å². The van der Waals surface area contributed by atoms with E-state index in [0.29, 0.717) is 24.9 Å². The van der Waals surface area contributed by atoms with Gasteiger partial charge in [0.05, 0.1) is 0 Å². The molecule has 0 aromatic rings. The van der Waals surface area contributed by atoms with Crippen LogP contribution in [0.25, 0.3) is 0 Å². The van der Waals surface area contributed by atoms with Gasteiger partial charge in [0.25, 0.3) is 0 Å². The Morgan fingerprint density at radius 3 is 2.52 bits per heavy atom. The Bertz CT molecular complexity index is 367. The second kappa shape index (κ2) is 7.78. The van der Waals surface area contributed by atoms with Gasteiger partial charge in [0, 0.05) is 32.5 Å². The largest absolute Gasteiger partial charge is 0.481 e. The van der Waals surface area contributed by atoms with Gasteiger partial charge in [0.1, 0.15) is 0 Å². The van der Waals surface area contributed by atoms with Crippen molar-refractivity contribution in [1.82, 2.24) is 10.2 Å². The number of carbonyl (C=O) groups excluding carboxylic acids is 1. The zero-order valence-corrected chi connectivity index (χ0v) is 13.0. The molecule has 0 aromatic heterocycles. The first-order valence-electron chi connectivity index (χ1n) is 8.25. The summed E-state index contributed by atoms with van der Waals surface area (Å²) in [7, 11) is 0. The van der Waals surface area contributed by atoms with Crippen LogP contribution >= 0.6 is 0 Å². The van der Waals surface area contributed by atoms with E-state index in [1.165, 1.54) is 25.7 Å². The highest BCUT2D eigenvalue weighted by atomic mass is 16.4. The Kier molecular flexibility index (Phi) is 6.03.